The van der Waals surface area contributed by atoms with Gasteiger partial charge in [-0.2, -0.15) is 0 Å². The third kappa shape index (κ3) is 2.96. The Hall–Kier alpha value is -2.86. The van der Waals surface area contributed by atoms with Crippen molar-refractivity contribution in [2.45, 2.75) is 17.7 Å². The molecule has 3 aromatic carbocycles. The molecular formula is C19H16N2O3S. The average molecular weight is 352 g/mol. The van der Waals surface area contributed by atoms with Crippen LogP contribution < -0.4 is 10.0 Å². The summed E-state index contributed by atoms with van der Waals surface area (Å²) < 4.78 is 28.4. The summed E-state index contributed by atoms with van der Waals surface area (Å²) in [4.78, 5) is 11.7. The topological polar surface area (TPSA) is 75.3 Å². The Balaban J connectivity index is 1.71. The van der Waals surface area contributed by atoms with E-state index in [9.17, 15) is 13.2 Å². The number of rotatable bonds is 3. The van der Waals surface area contributed by atoms with Crippen LogP contribution in [-0.4, -0.2) is 14.3 Å². The van der Waals surface area contributed by atoms with Gasteiger partial charge in [-0.3, -0.25) is 9.52 Å². The summed E-state index contributed by atoms with van der Waals surface area (Å²) in [5.74, 6) is -0.0170. The van der Waals surface area contributed by atoms with E-state index in [2.05, 4.69) is 10.0 Å². The van der Waals surface area contributed by atoms with Crippen LogP contribution in [0.3, 0.4) is 0 Å². The number of anilines is 2. The lowest BCUT2D eigenvalue weighted by Crippen LogP contribution is -2.19. The lowest BCUT2D eigenvalue weighted by molar-refractivity contribution is -0.116. The molecule has 0 saturated carbocycles. The molecule has 0 aromatic heterocycles. The smallest absolute Gasteiger partial charge is 0.262 e. The van der Waals surface area contributed by atoms with Crippen molar-refractivity contribution in [2.75, 3.05) is 10.0 Å². The molecule has 5 nitrogen and oxygen atoms in total. The first-order valence-electron chi connectivity index (χ1n) is 7.96. The molecule has 6 heteroatoms. The minimum Gasteiger partial charge on any atom is -0.326 e. The number of hydrogen-bond donors (Lipinski definition) is 2. The molecule has 0 aliphatic carbocycles. The van der Waals surface area contributed by atoms with Crippen LogP contribution in [-0.2, 0) is 21.2 Å². The molecule has 0 saturated heterocycles. The largest absolute Gasteiger partial charge is 0.326 e. The van der Waals surface area contributed by atoms with Crippen molar-refractivity contribution in [3.8, 4) is 0 Å². The number of hydrogen-bond acceptors (Lipinski definition) is 3. The van der Waals surface area contributed by atoms with Crippen molar-refractivity contribution in [2.24, 2.45) is 0 Å². The first kappa shape index (κ1) is 15.7. The Morgan fingerprint density at radius 3 is 2.60 bits per heavy atom. The molecule has 25 heavy (non-hydrogen) atoms. The van der Waals surface area contributed by atoms with E-state index in [0.717, 1.165) is 16.6 Å². The zero-order valence-electron chi connectivity index (χ0n) is 13.3. The fraction of sp³-hybridized carbons (Fsp3) is 0.105. The fourth-order valence-corrected chi connectivity index (χ4v) is 4.37. The van der Waals surface area contributed by atoms with Crippen LogP contribution in [0.1, 0.15) is 12.0 Å². The minimum absolute atomic E-state index is 0.0170. The summed E-state index contributed by atoms with van der Waals surface area (Å²) in [7, 11) is -3.71. The normalized spacial score (nSPS) is 14.0. The molecular weight excluding hydrogens is 336 g/mol. The summed E-state index contributed by atoms with van der Waals surface area (Å²) in [6.07, 6.45) is 1.01. The maximum atomic E-state index is 12.9. The van der Waals surface area contributed by atoms with Gasteiger partial charge >= 0.3 is 0 Å². The molecule has 2 N–H and O–H groups in total. The molecule has 0 spiro atoms. The number of fused-ring (bicyclic) bond motifs is 2. The first-order chi connectivity index (χ1) is 12.0. The van der Waals surface area contributed by atoms with Gasteiger partial charge < -0.3 is 5.32 Å². The Morgan fingerprint density at radius 1 is 0.920 bits per heavy atom. The van der Waals surface area contributed by atoms with Crippen LogP contribution in [0.4, 0.5) is 11.4 Å². The molecule has 126 valence electrons. The Morgan fingerprint density at radius 2 is 1.72 bits per heavy atom. The van der Waals surface area contributed by atoms with Gasteiger partial charge in [-0.25, -0.2) is 8.42 Å². The monoisotopic (exact) mass is 352 g/mol. The zero-order chi connectivity index (χ0) is 17.4. The highest BCUT2D eigenvalue weighted by atomic mass is 32.2. The molecule has 0 fully saturated rings. The van der Waals surface area contributed by atoms with Gasteiger partial charge in [0.25, 0.3) is 10.0 Å². The van der Waals surface area contributed by atoms with Crippen LogP contribution in [0, 0.1) is 0 Å². The highest BCUT2D eigenvalue weighted by molar-refractivity contribution is 7.93. The Kier molecular flexibility index (Phi) is 3.69. The number of nitrogens with one attached hydrogen (secondary N) is 2. The SMILES string of the molecule is O=C1CCc2cc(NS(=O)(=O)c3cccc4ccccc34)ccc2N1. The van der Waals surface area contributed by atoms with Gasteiger partial charge in [0, 0.05) is 23.2 Å². The highest BCUT2D eigenvalue weighted by Gasteiger charge is 2.19. The van der Waals surface area contributed by atoms with Crippen molar-refractivity contribution in [1.29, 1.82) is 0 Å². The predicted octanol–water partition coefficient (Wildman–Crippen LogP) is 3.53. The van der Waals surface area contributed by atoms with E-state index in [-0.39, 0.29) is 10.8 Å². The maximum Gasteiger partial charge on any atom is 0.262 e. The van der Waals surface area contributed by atoms with Crippen LogP contribution in [0.15, 0.2) is 65.6 Å². The lowest BCUT2D eigenvalue weighted by atomic mass is 10.0. The van der Waals surface area contributed by atoms with Gasteiger partial charge in [-0.15, -0.1) is 0 Å². The van der Waals surface area contributed by atoms with Crippen molar-refractivity contribution in [3.05, 3.63) is 66.2 Å². The molecule has 4 rings (SSSR count). The van der Waals surface area contributed by atoms with E-state index in [4.69, 9.17) is 0 Å². The molecule has 0 unspecified atom stereocenters. The first-order valence-corrected chi connectivity index (χ1v) is 9.45. The molecule has 0 radical (unpaired) electrons. The second kappa shape index (κ2) is 5.89. The van der Waals surface area contributed by atoms with Gasteiger partial charge in [0.2, 0.25) is 5.91 Å². The summed E-state index contributed by atoms with van der Waals surface area (Å²) in [5.41, 5.74) is 2.16. The van der Waals surface area contributed by atoms with Crippen molar-refractivity contribution >= 4 is 38.1 Å². The lowest BCUT2D eigenvalue weighted by Gasteiger charge is -2.18. The third-order valence-electron chi connectivity index (χ3n) is 4.29. The van der Waals surface area contributed by atoms with E-state index in [0.29, 0.717) is 23.9 Å². The van der Waals surface area contributed by atoms with Crippen molar-refractivity contribution < 1.29 is 13.2 Å². The van der Waals surface area contributed by atoms with E-state index in [1.807, 2.05) is 24.3 Å². The summed E-state index contributed by atoms with van der Waals surface area (Å²) >= 11 is 0. The second-order valence-corrected chi connectivity index (χ2v) is 7.65. The number of benzene rings is 3. The predicted molar refractivity (Wildman–Crippen MR) is 98.1 cm³/mol. The fourth-order valence-electron chi connectivity index (χ4n) is 3.09. The van der Waals surface area contributed by atoms with Gasteiger partial charge in [0.15, 0.2) is 0 Å². The number of carbonyl (C=O) groups is 1. The average Bonchev–Trinajstić information content (AvgIpc) is 2.61. The summed E-state index contributed by atoms with van der Waals surface area (Å²) in [6, 6.07) is 17.8. The maximum absolute atomic E-state index is 12.9. The van der Waals surface area contributed by atoms with Crippen LogP contribution in [0.5, 0.6) is 0 Å². The van der Waals surface area contributed by atoms with Crippen LogP contribution in [0.2, 0.25) is 0 Å². The quantitative estimate of drug-likeness (QED) is 0.757. The molecule has 0 bridgehead atoms. The number of sulfonamides is 1. The second-order valence-electron chi connectivity index (χ2n) is 6.00. The van der Waals surface area contributed by atoms with Gasteiger partial charge in [0.1, 0.15) is 0 Å². The number of amides is 1. The molecule has 1 aliphatic rings. The van der Waals surface area contributed by atoms with E-state index in [1.165, 1.54) is 0 Å². The van der Waals surface area contributed by atoms with Crippen LogP contribution >= 0.6 is 0 Å². The van der Waals surface area contributed by atoms with Gasteiger partial charge in [0.05, 0.1) is 4.90 Å². The number of carbonyl (C=O) groups excluding carboxylic acids is 1. The molecule has 0 atom stereocenters. The molecule has 1 amide bonds. The van der Waals surface area contributed by atoms with Gasteiger partial charge in [-0.1, -0.05) is 36.4 Å². The molecule has 1 heterocycles. The van der Waals surface area contributed by atoms with Crippen molar-refractivity contribution in [1.82, 2.24) is 0 Å². The molecule has 3 aromatic rings. The van der Waals surface area contributed by atoms with E-state index in [1.54, 1.807) is 36.4 Å². The van der Waals surface area contributed by atoms with Gasteiger partial charge in [-0.05, 0) is 41.6 Å². The van der Waals surface area contributed by atoms with Crippen molar-refractivity contribution in [3.63, 3.8) is 0 Å². The number of aryl methyl sites for hydroxylation is 1. The van der Waals surface area contributed by atoms with E-state index < -0.39 is 10.0 Å². The van der Waals surface area contributed by atoms with Crippen LogP contribution in [0.25, 0.3) is 10.8 Å². The minimum atomic E-state index is -3.71. The zero-order valence-corrected chi connectivity index (χ0v) is 14.1. The molecule has 1 aliphatic heterocycles. The third-order valence-corrected chi connectivity index (χ3v) is 5.73. The summed E-state index contributed by atoms with van der Waals surface area (Å²) in [6.45, 7) is 0. The Bertz CT molecular complexity index is 1090. The standard InChI is InChI=1S/C19H16N2O3S/c22-19-11-8-14-12-15(9-10-17(14)20-19)21-25(23,24)18-7-3-5-13-4-1-2-6-16(13)18/h1-7,9-10,12,21H,8,11H2,(H,20,22). The highest BCUT2D eigenvalue weighted by Crippen LogP contribution is 2.28. The Labute approximate surface area is 145 Å². The van der Waals surface area contributed by atoms with E-state index >= 15 is 0 Å². The summed E-state index contributed by atoms with van der Waals surface area (Å²) in [5, 5.41) is 4.35.